The van der Waals surface area contributed by atoms with Crippen molar-refractivity contribution in [3.05, 3.63) is 29.3 Å². The van der Waals surface area contributed by atoms with Gasteiger partial charge in [0.1, 0.15) is 0 Å². The zero-order valence-corrected chi connectivity index (χ0v) is 11.4. The van der Waals surface area contributed by atoms with Crippen molar-refractivity contribution >= 4 is 11.7 Å². The molecule has 18 heavy (non-hydrogen) atoms. The van der Waals surface area contributed by atoms with Crippen LogP contribution in [0.25, 0.3) is 0 Å². The molecule has 1 aromatic carbocycles. The van der Waals surface area contributed by atoms with Crippen LogP contribution in [0.4, 0.5) is 5.69 Å². The monoisotopic (exact) mass is 251 g/mol. The summed E-state index contributed by atoms with van der Waals surface area (Å²) in [6.45, 7) is 6.60. The molecule has 0 saturated carbocycles. The fraction of sp³-hybridized carbons (Fsp3) is 0.500. The quantitative estimate of drug-likeness (QED) is 0.816. The van der Waals surface area contributed by atoms with Gasteiger partial charge in [0.25, 0.3) is 0 Å². The molecule has 0 spiro atoms. The first-order valence-corrected chi connectivity index (χ1v) is 5.99. The molecular weight excluding hydrogens is 230 g/mol. The minimum atomic E-state index is -0.895. The maximum Gasteiger partial charge on any atom is 0.336 e. The second-order valence-corrected chi connectivity index (χ2v) is 4.92. The molecule has 0 atom stereocenters. The Balaban J connectivity index is 2.69. The van der Waals surface area contributed by atoms with Crippen molar-refractivity contribution in [2.75, 3.05) is 19.0 Å². The second-order valence-electron chi connectivity index (χ2n) is 4.92. The molecule has 0 unspecified atom stereocenters. The molecule has 1 rings (SSSR count). The van der Waals surface area contributed by atoms with E-state index in [4.69, 9.17) is 9.84 Å². The average molecular weight is 251 g/mol. The Morgan fingerprint density at radius 3 is 2.67 bits per heavy atom. The van der Waals surface area contributed by atoms with E-state index in [1.165, 1.54) is 0 Å². The SMILES string of the molecule is COC(C)(C)CCNc1cccc(C(=O)O)c1C. The summed E-state index contributed by atoms with van der Waals surface area (Å²) in [7, 11) is 1.69. The number of carbonyl (C=O) groups is 1. The van der Waals surface area contributed by atoms with Crippen LogP contribution in [0.15, 0.2) is 18.2 Å². The van der Waals surface area contributed by atoms with Crippen molar-refractivity contribution in [3.8, 4) is 0 Å². The van der Waals surface area contributed by atoms with Crippen LogP contribution in [-0.2, 0) is 4.74 Å². The maximum atomic E-state index is 11.0. The van der Waals surface area contributed by atoms with Crippen LogP contribution in [-0.4, -0.2) is 30.3 Å². The van der Waals surface area contributed by atoms with Gasteiger partial charge in [-0.05, 0) is 44.9 Å². The van der Waals surface area contributed by atoms with Crippen LogP contribution in [0.1, 0.15) is 36.2 Å². The summed E-state index contributed by atoms with van der Waals surface area (Å²) in [6.07, 6.45) is 0.847. The number of anilines is 1. The molecule has 0 fully saturated rings. The first kappa shape index (κ1) is 14.5. The van der Waals surface area contributed by atoms with Gasteiger partial charge in [-0.2, -0.15) is 0 Å². The first-order valence-electron chi connectivity index (χ1n) is 5.99. The van der Waals surface area contributed by atoms with Crippen molar-refractivity contribution in [1.29, 1.82) is 0 Å². The highest BCUT2D eigenvalue weighted by Gasteiger charge is 2.16. The Labute approximate surface area is 108 Å². The average Bonchev–Trinajstić information content (AvgIpc) is 2.31. The number of carboxylic acids is 1. The van der Waals surface area contributed by atoms with Crippen molar-refractivity contribution in [3.63, 3.8) is 0 Å². The van der Waals surface area contributed by atoms with E-state index < -0.39 is 5.97 Å². The number of rotatable bonds is 6. The van der Waals surface area contributed by atoms with E-state index in [9.17, 15) is 4.79 Å². The number of hydrogen-bond acceptors (Lipinski definition) is 3. The lowest BCUT2D eigenvalue weighted by molar-refractivity contribution is 0.0185. The minimum Gasteiger partial charge on any atom is -0.478 e. The molecule has 1 aromatic rings. The molecule has 0 aliphatic carbocycles. The minimum absolute atomic E-state index is 0.175. The largest absolute Gasteiger partial charge is 0.478 e. The molecule has 0 bridgehead atoms. The van der Waals surface area contributed by atoms with Crippen LogP contribution >= 0.6 is 0 Å². The molecule has 2 N–H and O–H groups in total. The molecule has 0 aromatic heterocycles. The van der Waals surface area contributed by atoms with E-state index >= 15 is 0 Å². The molecule has 4 heteroatoms. The molecule has 0 radical (unpaired) electrons. The number of hydrogen-bond donors (Lipinski definition) is 2. The normalized spacial score (nSPS) is 11.3. The molecule has 100 valence electrons. The van der Waals surface area contributed by atoms with E-state index in [0.29, 0.717) is 5.56 Å². The van der Waals surface area contributed by atoms with Gasteiger partial charge in [-0.15, -0.1) is 0 Å². The van der Waals surface area contributed by atoms with Crippen molar-refractivity contribution in [1.82, 2.24) is 0 Å². The highest BCUT2D eigenvalue weighted by atomic mass is 16.5. The third kappa shape index (κ3) is 3.74. The number of aromatic carboxylic acids is 1. The van der Waals surface area contributed by atoms with E-state index in [-0.39, 0.29) is 5.60 Å². The Morgan fingerprint density at radius 2 is 2.11 bits per heavy atom. The van der Waals surface area contributed by atoms with Gasteiger partial charge in [0.05, 0.1) is 11.2 Å². The van der Waals surface area contributed by atoms with Gasteiger partial charge in [0, 0.05) is 19.3 Å². The van der Waals surface area contributed by atoms with Gasteiger partial charge in [0.15, 0.2) is 0 Å². The topological polar surface area (TPSA) is 58.6 Å². The highest BCUT2D eigenvalue weighted by molar-refractivity contribution is 5.91. The summed E-state index contributed by atoms with van der Waals surface area (Å²) in [5.41, 5.74) is 1.79. The first-order chi connectivity index (χ1) is 8.37. The van der Waals surface area contributed by atoms with Crippen LogP contribution < -0.4 is 5.32 Å². The summed E-state index contributed by atoms with van der Waals surface area (Å²) in [5.74, 6) is -0.895. The molecular formula is C14H21NO3. The molecule has 0 aliphatic heterocycles. The number of ether oxygens (including phenoxy) is 1. The number of methoxy groups -OCH3 is 1. The second kappa shape index (κ2) is 5.87. The van der Waals surface area contributed by atoms with Gasteiger partial charge >= 0.3 is 5.97 Å². The van der Waals surface area contributed by atoms with Gasteiger partial charge in [-0.1, -0.05) is 6.07 Å². The Hall–Kier alpha value is -1.55. The summed E-state index contributed by atoms with van der Waals surface area (Å²) >= 11 is 0. The molecule has 0 saturated heterocycles. The lowest BCUT2D eigenvalue weighted by Gasteiger charge is -2.23. The fourth-order valence-corrected chi connectivity index (χ4v) is 1.66. The van der Waals surface area contributed by atoms with E-state index in [2.05, 4.69) is 5.32 Å². The smallest absolute Gasteiger partial charge is 0.336 e. The Morgan fingerprint density at radius 1 is 1.44 bits per heavy atom. The summed E-state index contributed by atoms with van der Waals surface area (Å²) in [4.78, 5) is 11.0. The zero-order valence-electron chi connectivity index (χ0n) is 11.4. The maximum absolute atomic E-state index is 11.0. The molecule has 4 nitrogen and oxygen atoms in total. The van der Waals surface area contributed by atoms with Crippen LogP contribution in [0, 0.1) is 6.92 Å². The van der Waals surface area contributed by atoms with Crippen LogP contribution in [0.3, 0.4) is 0 Å². The van der Waals surface area contributed by atoms with Crippen LogP contribution in [0.2, 0.25) is 0 Å². The lowest BCUT2D eigenvalue weighted by Crippen LogP contribution is -2.26. The standard InChI is InChI=1S/C14H21NO3/c1-10-11(13(16)17)6-5-7-12(10)15-9-8-14(2,3)18-4/h5-7,15H,8-9H2,1-4H3,(H,16,17). The summed E-state index contributed by atoms with van der Waals surface area (Å²) in [5, 5.41) is 12.3. The predicted octanol–water partition coefficient (Wildman–Crippen LogP) is 2.92. The molecule has 0 amide bonds. The summed E-state index contributed by atoms with van der Waals surface area (Å²) < 4.78 is 5.33. The van der Waals surface area contributed by atoms with Crippen LogP contribution in [0.5, 0.6) is 0 Å². The van der Waals surface area contributed by atoms with Crippen molar-refractivity contribution in [2.24, 2.45) is 0 Å². The van der Waals surface area contributed by atoms with Gasteiger partial charge in [0.2, 0.25) is 0 Å². The molecule has 0 aliphatic rings. The lowest BCUT2D eigenvalue weighted by atomic mass is 10.0. The van der Waals surface area contributed by atoms with Gasteiger partial charge in [-0.3, -0.25) is 0 Å². The highest BCUT2D eigenvalue weighted by Crippen LogP contribution is 2.20. The van der Waals surface area contributed by atoms with Gasteiger partial charge < -0.3 is 15.2 Å². The van der Waals surface area contributed by atoms with Crippen molar-refractivity contribution in [2.45, 2.75) is 32.8 Å². The van der Waals surface area contributed by atoms with Crippen molar-refractivity contribution < 1.29 is 14.6 Å². The van der Waals surface area contributed by atoms with E-state index in [1.54, 1.807) is 19.2 Å². The Kier molecular flexibility index (Phi) is 4.73. The van der Waals surface area contributed by atoms with E-state index in [0.717, 1.165) is 24.2 Å². The number of nitrogens with one attached hydrogen (secondary N) is 1. The Bertz CT molecular complexity index is 427. The van der Waals surface area contributed by atoms with E-state index in [1.807, 2.05) is 26.8 Å². The zero-order chi connectivity index (χ0) is 13.8. The predicted molar refractivity (Wildman–Crippen MR) is 72.3 cm³/mol. The fourth-order valence-electron chi connectivity index (χ4n) is 1.66. The number of carboxylic acid groups (broad SMARTS) is 1. The summed E-state index contributed by atoms with van der Waals surface area (Å²) in [6, 6.07) is 5.25. The molecule has 0 heterocycles. The third-order valence-corrected chi connectivity index (χ3v) is 3.16. The van der Waals surface area contributed by atoms with Gasteiger partial charge in [-0.25, -0.2) is 4.79 Å². The third-order valence-electron chi connectivity index (χ3n) is 3.16. The number of benzene rings is 1.